The fourth-order valence-corrected chi connectivity index (χ4v) is 8.13. The minimum absolute atomic E-state index is 0.0815. The number of carbonyl (C=O) groups is 6. The maximum Gasteiger partial charge on any atom is 0.226 e. The lowest BCUT2D eigenvalue weighted by molar-refractivity contribution is -0.144. The molecule has 1 unspecified atom stereocenters. The lowest BCUT2D eigenvalue weighted by Gasteiger charge is -2.32. The maximum absolute atomic E-state index is 14.5. The van der Waals surface area contributed by atoms with E-state index in [1.54, 1.807) is 26.0 Å². The third kappa shape index (κ3) is 11.9. The first-order chi connectivity index (χ1) is 29.6. The van der Waals surface area contributed by atoms with Crippen molar-refractivity contribution in [3.05, 3.63) is 107 Å². The lowest BCUT2D eigenvalue weighted by atomic mass is 9.86. The number of fused-ring (bicyclic) bond motifs is 5. The lowest BCUT2D eigenvalue weighted by Crippen LogP contribution is -2.45. The molecule has 62 heavy (non-hydrogen) atoms. The number of aromatic hydroxyl groups is 2. The molecule has 328 valence electrons. The van der Waals surface area contributed by atoms with E-state index in [2.05, 4.69) is 36.5 Å². The number of nitrogens with two attached hydrogens (primary N) is 1. The van der Waals surface area contributed by atoms with Crippen LogP contribution in [0.2, 0.25) is 0 Å². The van der Waals surface area contributed by atoms with Crippen LogP contribution in [-0.4, -0.2) is 69.7 Å². The number of carbonyl (C=O) groups excluding carboxylic acids is 6. The van der Waals surface area contributed by atoms with Gasteiger partial charge in [0.1, 0.15) is 23.3 Å². The van der Waals surface area contributed by atoms with Crippen LogP contribution < -0.4 is 11.1 Å². The van der Waals surface area contributed by atoms with Gasteiger partial charge in [-0.1, -0.05) is 87.9 Å². The molecule has 1 aliphatic rings. The van der Waals surface area contributed by atoms with E-state index in [-0.39, 0.29) is 78.6 Å². The topological polar surface area (TPSA) is 184 Å². The minimum atomic E-state index is -1.24. The summed E-state index contributed by atoms with van der Waals surface area (Å²) in [4.78, 5) is 83.2. The number of likely N-dealkylation sites (N-methyl/N-ethyl adjacent to an activating group) is 1. The first-order valence-corrected chi connectivity index (χ1v) is 21.8. The Morgan fingerprint density at radius 2 is 1.47 bits per heavy atom. The zero-order chi connectivity index (χ0) is 45.1. The van der Waals surface area contributed by atoms with E-state index in [1.807, 2.05) is 24.3 Å². The number of hydrogen-bond donors (Lipinski definition) is 4. The minimum Gasteiger partial charge on any atom is -0.507 e. The maximum atomic E-state index is 14.5. The molecule has 2 amide bonds. The second kappa shape index (κ2) is 21.7. The van der Waals surface area contributed by atoms with Crippen molar-refractivity contribution in [3.8, 4) is 33.8 Å². The quantitative estimate of drug-likeness (QED) is 0.0763. The number of phenolic OH excluding ortho intramolecular Hbond substituents is 2. The Labute approximate surface area is 365 Å². The van der Waals surface area contributed by atoms with Crippen LogP contribution in [0, 0.1) is 17.8 Å². The van der Waals surface area contributed by atoms with Crippen molar-refractivity contribution in [2.45, 2.75) is 104 Å². The van der Waals surface area contributed by atoms with Gasteiger partial charge in [0.2, 0.25) is 11.8 Å². The van der Waals surface area contributed by atoms with Crippen molar-refractivity contribution >= 4 is 34.9 Å². The molecule has 1 heterocycles. The molecular weight excluding hydrogens is 783 g/mol. The predicted molar refractivity (Wildman–Crippen MR) is 240 cm³/mol. The number of unbranched alkanes of at least 4 members (excludes halogenated alkanes) is 1. The van der Waals surface area contributed by atoms with Crippen LogP contribution in [0.5, 0.6) is 11.5 Å². The van der Waals surface area contributed by atoms with Crippen molar-refractivity contribution in [3.63, 3.8) is 0 Å². The fraction of sp³-hybridized carbons (Fsp3) is 0.412. The van der Waals surface area contributed by atoms with Crippen LogP contribution in [0.4, 0.5) is 0 Å². The van der Waals surface area contributed by atoms with Gasteiger partial charge in [-0.25, -0.2) is 0 Å². The first kappa shape index (κ1) is 47.1. The Morgan fingerprint density at radius 3 is 2.10 bits per heavy atom. The second-order valence-electron chi connectivity index (χ2n) is 17.0. The first-order valence-electron chi connectivity index (χ1n) is 21.8. The van der Waals surface area contributed by atoms with E-state index in [4.69, 9.17) is 5.73 Å². The number of rotatable bonds is 17. The standard InChI is InChI=1S/C51H61N3O8/c1-6-7-9-34-12-15-36(16-13-34)37-17-19-38(20-18-37)44(56)22-11-31(2)47(59)30-40(10-8-25-52)51(62)54(5)49-39-21-24-46(58)42(29-39)41-27-35(14-23-45(41)57)28-43(33(4)55)53-50(61)32(3)26-48(49)60/h12-21,23-24,27,29,31-32,40,43,49,57-58H,6-11,22,25-26,28,30,52H2,1-5H3,(H,53,61)/t31?,32-,40-,43+,49+/m1/s1. The van der Waals surface area contributed by atoms with Gasteiger partial charge < -0.3 is 26.2 Å². The monoisotopic (exact) mass is 843 g/mol. The highest BCUT2D eigenvalue weighted by Crippen LogP contribution is 2.39. The van der Waals surface area contributed by atoms with Crippen LogP contribution in [0.1, 0.15) is 112 Å². The molecule has 4 bridgehead atoms. The fourth-order valence-electron chi connectivity index (χ4n) is 8.13. The molecule has 0 spiro atoms. The normalized spacial score (nSPS) is 17.6. The largest absolute Gasteiger partial charge is 0.507 e. The Kier molecular flexibility index (Phi) is 16.5. The molecule has 5 rings (SSSR count). The summed E-state index contributed by atoms with van der Waals surface area (Å²) >= 11 is 0. The number of nitrogens with zero attached hydrogens (tertiary/aromatic N) is 1. The van der Waals surface area contributed by atoms with Crippen molar-refractivity contribution in [1.82, 2.24) is 10.2 Å². The number of hydrogen-bond acceptors (Lipinski definition) is 9. The number of phenols is 2. The number of aryl methyl sites for hydroxylation is 1. The molecule has 0 fully saturated rings. The molecule has 0 aromatic heterocycles. The summed E-state index contributed by atoms with van der Waals surface area (Å²) in [5.74, 6) is -4.60. The van der Waals surface area contributed by atoms with E-state index < -0.39 is 47.4 Å². The Balaban J connectivity index is 1.33. The third-order valence-corrected chi connectivity index (χ3v) is 12.2. The third-order valence-electron chi connectivity index (χ3n) is 12.2. The molecule has 5 N–H and O–H groups in total. The molecule has 1 aliphatic heterocycles. The summed E-state index contributed by atoms with van der Waals surface area (Å²) in [6.45, 7) is 7.14. The molecule has 0 aliphatic carbocycles. The van der Waals surface area contributed by atoms with Gasteiger partial charge in [-0.05, 0) is 104 Å². The molecule has 0 saturated heterocycles. The number of benzene rings is 4. The average Bonchev–Trinajstić information content (AvgIpc) is 3.26. The summed E-state index contributed by atoms with van der Waals surface area (Å²) in [5.41, 5.74) is 11.2. The SMILES string of the molecule is CCCCc1ccc(-c2ccc(C(=O)CCC(C)C(=O)C[C@@H](CCCN)C(=O)N(C)[C@@H]3C(=O)C[C@@H](C)C(=O)N[C@H](C(C)=O)Cc4ccc(O)c(c4)-c4cc3ccc4O)cc2)cc1. The van der Waals surface area contributed by atoms with Crippen LogP contribution in [-0.2, 0) is 36.8 Å². The zero-order valence-electron chi connectivity index (χ0n) is 36.6. The van der Waals surface area contributed by atoms with E-state index in [9.17, 15) is 39.0 Å². The van der Waals surface area contributed by atoms with Crippen LogP contribution in [0.25, 0.3) is 22.3 Å². The van der Waals surface area contributed by atoms with Crippen LogP contribution >= 0.6 is 0 Å². The van der Waals surface area contributed by atoms with Crippen LogP contribution in [0.3, 0.4) is 0 Å². The Bertz CT molecular complexity index is 2250. The smallest absolute Gasteiger partial charge is 0.226 e. The van der Waals surface area contributed by atoms with Gasteiger partial charge in [-0.15, -0.1) is 0 Å². The number of ketones is 4. The van der Waals surface area contributed by atoms with Crippen molar-refractivity contribution in [1.29, 1.82) is 0 Å². The van der Waals surface area contributed by atoms with E-state index in [1.165, 1.54) is 48.7 Å². The Morgan fingerprint density at radius 1 is 0.839 bits per heavy atom. The molecule has 0 saturated carbocycles. The highest BCUT2D eigenvalue weighted by atomic mass is 16.3. The number of Topliss-reactive ketones (excluding diaryl/α,β-unsaturated/α-hetero) is 4. The van der Waals surface area contributed by atoms with Crippen molar-refractivity contribution < 1.29 is 39.0 Å². The van der Waals surface area contributed by atoms with Gasteiger partial charge in [0.25, 0.3) is 0 Å². The summed E-state index contributed by atoms with van der Waals surface area (Å²) in [5, 5.41) is 24.7. The van der Waals surface area contributed by atoms with Crippen molar-refractivity contribution in [2.75, 3.05) is 13.6 Å². The van der Waals surface area contributed by atoms with Gasteiger partial charge in [0.05, 0.1) is 6.04 Å². The molecule has 4 aromatic rings. The predicted octanol–water partition coefficient (Wildman–Crippen LogP) is 8.11. The second-order valence-corrected chi connectivity index (χ2v) is 17.0. The molecule has 0 radical (unpaired) electrons. The Hall–Kier alpha value is -5.94. The zero-order valence-corrected chi connectivity index (χ0v) is 36.6. The molecule has 11 nitrogen and oxygen atoms in total. The van der Waals surface area contributed by atoms with Gasteiger partial charge in [-0.2, -0.15) is 0 Å². The molecule has 5 atom stereocenters. The van der Waals surface area contributed by atoms with Gasteiger partial charge >= 0.3 is 0 Å². The van der Waals surface area contributed by atoms with E-state index >= 15 is 0 Å². The molecule has 11 heteroatoms. The van der Waals surface area contributed by atoms with Crippen molar-refractivity contribution in [2.24, 2.45) is 23.5 Å². The van der Waals surface area contributed by atoms with E-state index in [0.29, 0.717) is 29.5 Å². The van der Waals surface area contributed by atoms with Gasteiger partial charge in [0.15, 0.2) is 17.3 Å². The van der Waals surface area contributed by atoms with Crippen LogP contribution in [0.15, 0.2) is 84.9 Å². The average molecular weight is 844 g/mol. The van der Waals surface area contributed by atoms with Gasteiger partial charge in [0, 0.05) is 60.8 Å². The number of nitrogens with one attached hydrogen (secondary N) is 1. The summed E-state index contributed by atoms with van der Waals surface area (Å²) in [6.07, 6.45) is 4.21. The highest BCUT2D eigenvalue weighted by molar-refractivity contribution is 5.98. The summed E-state index contributed by atoms with van der Waals surface area (Å²) in [7, 11) is 1.48. The van der Waals surface area contributed by atoms with E-state index in [0.717, 1.165) is 30.4 Å². The molecular formula is C51H61N3O8. The molecule has 4 aromatic carbocycles. The van der Waals surface area contributed by atoms with Gasteiger partial charge in [-0.3, -0.25) is 28.8 Å². The highest BCUT2D eigenvalue weighted by Gasteiger charge is 2.36. The summed E-state index contributed by atoms with van der Waals surface area (Å²) in [6, 6.07) is 22.9. The summed E-state index contributed by atoms with van der Waals surface area (Å²) < 4.78 is 0. The number of amides is 2.